The van der Waals surface area contributed by atoms with E-state index in [0.29, 0.717) is 31.3 Å². The zero-order valence-corrected chi connectivity index (χ0v) is 14.7. The molecule has 0 aromatic heterocycles. The van der Waals surface area contributed by atoms with Gasteiger partial charge in [0.05, 0.1) is 11.6 Å². The average molecular weight is 377 g/mol. The van der Waals surface area contributed by atoms with Crippen LogP contribution in [0.25, 0.3) is 0 Å². The molecule has 0 N–H and O–H groups in total. The maximum absolute atomic E-state index is 13.8. The quantitative estimate of drug-likeness (QED) is 0.821. The van der Waals surface area contributed by atoms with E-state index in [2.05, 4.69) is 11.0 Å². The highest BCUT2D eigenvalue weighted by Gasteiger charge is 2.30. The van der Waals surface area contributed by atoms with Gasteiger partial charge in [0, 0.05) is 32.7 Å². The fourth-order valence-corrected chi connectivity index (χ4v) is 4.38. The first kappa shape index (κ1) is 18.5. The van der Waals surface area contributed by atoms with Crippen LogP contribution in [-0.2, 0) is 16.6 Å². The number of rotatable bonds is 4. The number of nitriles is 1. The van der Waals surface area contributed by atoms with Crippen molar-refractivity contribution in [3.8, 4) is 6.07 Å². The Morgan fingerprint density at radius 3 is 2.27 bits per heavy atom. The summed E-state index contributed by atoms with van der Waals surface area (Å²) in [6.07, 6.45) is 0. The first-order valence-electron chi connectivity index (χ1n) is 8.07. The van der Waals surface area contributed by atoms with Gasteiger partial charge >= 0.3 is 0 Å². The van der Waals surface area contributed by atoms with Gasteiger partial charge in [-0.1, -0.05) is 12.1 Å². The molecule has 0 unspecified atom stereocenters. The normalized spacial score (nSPS) is 16.3. The Kier molecular flexibility index (Phi) is 5.32. The Hall–Kier alpha value is -2.34. The molecule has 5 nitrogen and oxygen atoms in total. The van der Waals surface area contributed by atoms with Gasteiger partial charge in [0.15, 0.2) is 0 Å². The number of hydrogen-bond donors (Lipinski definition) is 0. The molecular formula is C18H17F2N3O2S. The number of benzene rings is 2. The number of piperazine rings is 1. The summed E-state index contributed by atoms with van der Waals surface area (Å²) < 4.78 is 53.5. The second kappa shape index (κ2) is 7.50. The van der Waals surface area contributed by atoms with Crippen LogP contribution in [0, 0.1) is 23.0 Å². The van der Waals surface area contributed by atoms with Crippen LogP contribution in [-0.4, -0.2) is 43.8 Å². The Balaban J connectivity index is 1.66. The largest absolute Gasteiger partial charge is 0.296 e. The molecule has 26 heavy (non-hydrogen) atoms. The summed E-state index contributed by atoms with van der Waals surface area (Å²) in [5, 5.41) is 8.81. The van der Waals surface area contributed by atoms with Crippen LogP contribution in [0.4, 0.5) is 8.78 Å². The van der Waals surface area contributed by atoms with E-state index < -0.39 is 26.6 Å². The van der Waals surface area contributed by atoms with E-state index in [1.54, 1.807) is 12.1 Å². The predicted molar refractivity (Wildman–Crippen MR) is 91.6 cm³/mol. The van der Waals surface area contributed by atoms with Gasteiger partial charge in [-0.15, -0.1) is 0 Å². The van der Waals surface area contributed by atoms with Crippen LogP contribution in [0.15, 0.2) is 47.4 Å². The van der Waals surface area contributed by atoms with Gasteiger partial charge in [0.25, 0.3) is 0 Å². The van der Waals surface area contributed by atoms with E-state index in [1.165, 1.54) is 4.31 Å². The van der Waals surface area contributed by atoms with Crippen molar-refractivity contribution < 1.29 is 17.2 Å². The van der Waals surface area contributed by atoms with Crippen molar-refractivity contribution in [1.82, 2.24) is 9.21 Å². The Morgan fingerprint density at radius 1 is 1.00 bits per heavy atom. The number of sulfonamides is 1. The molecule has 2 aromatic carbocycles. The van der Waals surface area contributed by atoms with E-state index >= 15 is 0 Å². The molecule has 0 bridgehead atoms. The molecule has 0 spiro atoms. The molecule has 0 amide bonds. The van der Waals surface area contributed by atoms with Gasteiger partial charge in [0.2, 0.25) is 10.0 Å². The maximum atomic E-state index is 13.8. The van der Waals surface area contributed by atoms with Gasteiger partial charge in [0.1, 0.15) is 16.5 Å². The lowest BCUT2D eigenvalue weighted by Crippen LogP contribution is -2.48. The molecule has 2 aromatic rings. The fourth-order valence-electron chi connectivity index (χ4n) is 2.88. The van der Waals surface area contributed by atoms with Crippen LogP contribution >= 0.6 is 0 Å². The third-order valence-electron chi connectivity index (χ3n) is 4.33. The van der Waals surface area contributed by atoms with Crippen molar-refractivity contribution in [1.29, 1.82) is 5.26 Å². The molecule has 0 radical (unpaired) electrons. The van der Waals surface area contributed by atoms with Crippen molar-refractivity contribution in [3.63, 3.8) is 0 Å². The van der Waals surface area contributed by atoms with Crippen molar-refractivity contribution >= 4 is 10.0 Å². The van der Waals surface area contributed by atoms with Crippen LogP contribution in [0.3, 0.4) is 0 Å². The fraction of sp³-hybridized carbons (Fsp3) is 0.278. The SMILES string of the molecule is N#Cc1ccc(CN2CCN(S(=O)(=O)c3cc(F)ccc3F)CC2)cc1. The summed E-state index contributed by atoms with van der Waals surface area (Å²) in [6, 6.07) is 11.7. The topological polar surface area (TPSA) is 64.4 Å². The standard InChI is InChI=1S/C18H17F2N3O2S/c19-16-5-6-17(20)18(11-16)26(24,25)23-9-7-22(8-10-23)13-15-3-1-14(12-21)2-4-15/h1-6,11H,7-10,13H2. The van der Waals surface area contributed by atoms with E-state index in [-0.39, 0.29) is 13.1 Å². The molecule has 1 aliphatic heterocycles. The maximum Gasteiger partial charge on any atom is 0.246 e. The van der Waals surface area contributed by atoms with E-state index in [1.807, 2.05) is 12.1 Å². The molecule has 0 atom stereocenters. The molecule has 1 fully saturated rings. The highest BCUT2D eigenvalue weighted by atomic mass is 32.2. The lowest BCUT2D eigenvalue weighted by atomic mass is 10.1. The molecule has 3 rings (SSSR count). The monoisotopic (exact) mass is 377 g/mol. The number of halogens is 2. The molecule has 8 heteroatoms. The summed E-state index contributed by atoms with van der Waals surface area (Å²) in [5.41, 5.74) is 1.61. The van der Waals surface area contributed by atoms with Gasteiger partial charge in [-0.25, -0.2) is 17.2 Å². The third-order valence-corrected chi connectivity index (χ3v) is 6.25. The van der Waals surface area contributed by atoms with E-state index in [0.717, 1.165) is 17.7 Å². The second-order valence-corrected chi connectivity index (χ2v) is 7.97. The van der Waals surface area contributed by atoms with Crippen LogP contribution < -0.4 is 0 Å². The highest BCUT2D eigenvalue weighted by molar-refractivity contribution is 7.89. The molecule has 0 saturated carbocycles. The van der Waals surface area contributed by atoms with E-state index in [4.69, 9.17) is 5.26 Å². The van der Waals surface area contributed by atoms with Crippen molar-refractivity contribution in [2.45, 2.75) is 11.4 Å². The number of nitrogens with zero attached hydrogens (tertiary/aromatic N) is 3. The zero-order valence-electron chi connectivity index (χ0n) is 13.9. The zero-order chi connectivity index (χ0) is 18.7. The van der Waals surface area contributed by atoms with Gasteiger partial charge in [-0.3, -0.25) is 4.90 Å². The molecule has 136 valence electrons. The van der Waals surface area contributed by atoms with Crippen LogP contribution in [0.5, 0.6) is 0 Å². The van der Waals surface area contributed by atoms with E-state index in [9.17, 15) is 17.2 Å². The smallest absolute Gasteiger partial charge is 0.246 e. The Labute approximate surface area is 151 Å². The minimum absolute atomic E-state index is 0.203. The molecule has 0 aliphatic carbocycles. The van der Waals surface area contributed by atoms with Crippen molar-refractivity contribution in [3.05, 3.63) is 65.2 Å². The highest BCUT2D eigenvalue weighted by Crippen LogP contribution is 2.22. The molecule has 1 heterocycles. The molecule has 1 aliphatic rings. The Morgan fingerprint density at radius 2 is 1.65 bits per heavy atom. The third kappa shape index (κ3) is 3.90. The average Bonchev–Trinajstić information content (AvgIpc) is 2.65. The first-order valence-corrected chi connectivity index (χ1v) is 9.51. The lowest BCUT2D eigenvalue weighted by molar-refractivity contribution is 0.181. The van der Waals surface area contributed by atoms with Gasteiger partial charge < -0.3 is 0 Å². The number of hydrogen-bond acceptors (Lipinski definition) is 4. The summed E-state index contributed by atoms with van der Waals surface area (Å²) in [7, 11) is -4.06. The predicted octanol–water partition coefficient (Wildman–Crippen LogP) is 2.34. The lowest BCUT2D eigenvalue weighted by Gasteiger charge is -2.34. The molecule has 1 saturated heterocycles. The van der Waals surface area contributed by atoms with Crippen LogP contribution in [0.2, 0.25) is 0 Å². The molecular weight excluding hydrogens is 360 g/mol. The second-order valence-electron chi connectivity index (χ2n) is 6.06. The summed E-state index contributed by atoms with van der Waals surface area (Å²) in [6.45, 7) is 2.00. The van der Waals surface area contributed by atoms with Crippen LogP contribution in [0.1, 0.15) is 11.1 Å². The summed E-state index contributed by atoms with van der Waals surface area (Å²) in [4.78, 5) is 1.45. The summed E-state index contributed by atoms with van der Waals surface area (Å²) >= 11 is 0. The van der Waals surface area contributed by atoms with Gasteiger partial charge in [-0.05, 0) is 35.9 Å². The summed E-state index contributed by atoms with van der Waals surface area (Å²) in [5.74, 6) is -1.74. The van der Waals surface area contributed by atoms with Gasteiger partial charge in [-0.2, -0.15) is 9.57 Å². The minimum atomic E-state index is -4.06. The Bertz CT molecular complexity index is 932. The minimum Gasteiger partial charge on any atom is -0.296 e. The van der Waals surface area contributed by atoms with Crippen molar-refractivity contribution in [2.75, 3.05) is 26.2 Å². The first-order chi connectivity index (χ1) is 12.4. The van der Waals surface area contributed by atoms with Crippen molar-refractivity contribution in [2.24, 2.45) is 0 Å².